The van der Waals surface area contributed by atoms with E-state index in [4.69, 9.17) is 35.4 Å². The van der Waals surface area contributed by atoms with Crippen LogP contribution in [0.2, 0.25) is 46.3 Å². The normalized spacial score (nSPS) is 18.2. The van der Waals surface area contributed by atoms with E-state index in [-0.39, 0.29) is 0 Å². The minimum Gasteiger partial charge on any atom is -0.400 e. The van der Waals surface area contributed by atoms with E-state index in [1.165, 1.54) is 0 Å². The van der Waals surface area contributed by atoms with Crippen molar-refractivity contribution in [3.05, 3.63) is 0 Å². The van der Waals surface area contributed by atoms with E-state index in [0.717, 1.165) is 24.2 Å². The summed E-state index contributed by atoms with van der Waals surface area (Å²) in [6, 6.07) is 4.56. The highest BCUT2D eigenvalue weighted by Gasteiger charge is 2.45. The molecule has 4 atom stereocenters. The second-order valence-electron chi connectivity index (χ2n) is 9.58. The largest absolute Gasteiger partial charge is 0.400 e. The molecule has 0 radical (unpaired) electrons. The number of hydrogen-bond acceptors (Lipinski definition) is 8. The molecule has 0 aromatic carbocycles. The van der Waals surface area contributed by atoms with Crippen molar-refractivity contribution in [2.75, 3.05) is 56.9 Å². The standard InChI is InChI=1S/C20H52O8Si5/c1-17(29(21-5)22-6)13-33(14-18(2)30(23-7)24-8,15-19(3)31(25-9)26-10)16-20(4)32(27-11)28-12/h17-20,29-32H,13-16H2,1-12H3. The molecule has 0 aliphatic carbocycles. The SMILES string of the molecule is CO[SiH](OC)C(C)C[Si](CC(C)[SiH](OC)OC)(CC(C)[SiH](OC)OC)CC(C)[SiH](OC)OC. The summed E-state index contributed by atoms with van der Waals surface area (Å²) >= 11 is 0. The molecular formula is C20H52O8Si5. The minimum absolute atomic E-state index is 0.402. The lowest BCUT2D eigenvalue weighted by atomic mass is 10.5. The van der Waals surface area contributed by atoms with E-state index >= 15 is 0 Å². The van der Waals surface area contributed by atoms with Crippen LogP contribution in [0.5, 0.6) is 0 Å². The van der Waals surface area contributed by atoms with E-state index in [2.05, 4.69) is 27.7 Å². The first-order chi connectivity index (χ1) is 15.6. The van der Waals surface area contributed by atoms with Gasteiger partial charge >= 0.3 is 37.1 Å². The fourth-order valence-electron chi connectivity index (χ4n) is 5.86. The van der Waals surface area contributed by atoms with Crippen LogP contribution >= 0.6 is 0 Å². The van der Waals surface area contributed by atoms with Gasteiger partial charge in [0.05, 0.1) is 8.07 Å². The molecule has 0 aliphatic heterocycles. The van der Waals surface area contributed by atoms with E-state index in [0.29, 0.717) is 22.2 Å². The Morgan fingerprint density at radius 2 is 0.545 bits per heavy atom. The van der Waals surface area contributed by atoms with Crippen molar-refractivity contribution in [2.45, 2.75) is 74.0 Å². The Hall–Kier alpha value is 0.764. The first kappa shape index (κ1) is 33.8. The van der Waals surface area contributed by atoms with Gasteiger partial charge in [0.2, 0.25) is 0 Å². The molecule has 0 saturated heterocycles. The Bertz CT molecular complexity index is 394. The van der Waals surface area contributed by atoms with Gasteiger partial charge in [-0.25, -0.2) is 0 Å². The molecular weight excluding hydrogens is 509 g/mol. The quantitative estimate of drug-likeness (QED) is 0.210. The molecule has 4 unspecified atom stereocenters. The smallest absolute Gasteiger partial charge is 0.323 e. The molecule has 0 aromatic heterocycles. The molecule has 0 fully saturated rings. The van der Waals surface area contributed by atoms with Gasteiger partial charge in [-0.05, 0) is 22.2 Å². The monoisotopic (exact) mass is 560 g/mol. The van der Waals surface area contributed by atoms with Crippen LogP contribution in [0.1, 0.15) is 27.7 Å². The Labute approximate surface area is 211 Å². The van der Waals surface area contributed by atoms with Crippen LogP contribution in [0, 0.1) is 0 Å². The fourth-order valence-corrected chi connectivity index (χ4v) is 25.9. The van der Waals surface area contributed by atoms with Gasteiger partial charge in [0.15, 0.2) is 0 Å². The molecule has 0 rings (SSSR count). The minimum atomic E-state index is -1.93. The van der Waals surface area contributed by atoms with Gasteiger partial charge < -0.3 is 35.4 Å². The molecule has 200 valence electrons. The van der Waals surface area contributed by atoms with Crippen molar-refractivity contribution in [3.63, 3.8) is 0 Å². The van der Waals surface area contributed by atoms with Crippen molar-refractivity contribution >= 4 is 45.2 Å². The molecule has 13 heteroatoms. The Morgan fingerprint density at radius 1 is 0.394 bits per heavy atom. The van der Waals surface area contributed by atoms with Crippen LogP contribution in [-0.2, 0) is 35.4 Å². The zero-order valence-electron chi connectivity index (χ0n) is 23.2. The van der Waals surface area contributed by atoms with Crippen molar-refractivity contribution in [2.24, 2.45) is 0 Å². The summed E-state index contributed by atoms with van der Waals surface area (Å²) in [6.45, 7) is 9.21. The summed E-state index contributed by atoms with van der Waals surface area (Å²) in [5.41, 5.74) is 1.61. The van der Waals surface area contributed by atoms with E-state index in [9.17, 15) is 0 Å². The zero-order valence-corrected chi connectivity index (χ0v) is 28.8. The van der Waals surface area contributed by atoms with E-state index in [1.54, 1.807) is 56.9 Å². The number of rotatable bonds is 20. The average molecular weight is 561 g/mol. The van der Waals surface area contributed by atoms with Gasteiger partial charge in [-0.2, -0.15) is 0 Å². The third-order valence-corrected chi connectivity index (χ3v) is 23.0. The van der Waals surface area contributed by atoms with Gasteiger partial charge in [0.1, 0.15) is 0 Å². The summed E-state index contributed by atoms with van der Waals surface area (Å²) in [7, 11) is 5.29. The van der Waals surface area contributed by atoms with Crippen molar-refractivity contribution in [1.29, 1.82) is 0 Å². The maximum absolute atomic E-state index is 5.81. The lowest BCUT2D eigenvalue weighted by Gasteiger charge is -2.42. The summed E-state index contributed by atoms with van der Waals surface area (Å²) in [6.07, 6.45) is 0. The molecule has 0 spiro atoms. The Balaban J connectivity index is 6.32. The molecule has 0 saturated carbocycles. The van der Waals surface area contributed by atoms with Gasteiger partial charge in [0, 0.05) is 56.9 Å². The first-order valence-electron chi connectivity index (χ1n) is 11.8. The van der Waals surface area contributed by atoms with Crippen LogP contribution in [-0.4, -0.2) is 102 Å². The predicted octanol–water partition coefficient (Wildman–Crippen LogP) is 3.05. The second-order valence-corrected chi connectivity index (χ2v) is 25.5. The molecule has 0 amide bonds. The molecule has 0 aromatic rings. The third-order valence-electron chi connectivity index (χ3n) is 6.74. The van der Waals surface area contributed by atoms with Crippen molar-refractivity contribution in [3.8, 4) is 0 Å². The van der Waals surface area contributed by atoms with Crippen LogP contribution < -0.4 is 0 Å². The molecule has 0 N–H and O–H groups in total. The topological polar surface area (TPSA) is 73.8 Å². The first-order valence-corrected chi connectivity index (χ1v) is 21.1. The highest BCUT2D eigenvalue weighted by molar-refractivity contribution is 6.83. The van der Waals surface area contributed by atoms with E-state index in [1.807, 2.05) is 0 Å². The molecule has 0 bridgehead atoms. The third kappa shape index (κ3) is 11.1. The lowest BCUT2D eigenvalue weighted by molar-refractivity contribution is 0.266. The molecule has 33 heavy (non-hydrogen) atoms. The van der Waals surface area contributed by atoms with Crippen molar-refractivity contribution in [1.82, 2.24) is 0 Å². The van der Waals surface area contributed by atoms with Crippen LogP contribution in [0.15, 0.2) is 0 Å². The summed E-state index contributed by atoms with van der Waals surface area (Å²) in [4.78, 5) is 0. The summed E-state index contributed by atoms with van der Waals surface area (Å²) in [5.74, 6) is 0. The summed E-state index contributed by atoms with van der Waals surface area (Å²) < 4.78 is 46.5. The van der Waals surface area contributed by atoms with Gasteiger partial charge in [-0.3, -0.25) is 0 Å². The predicted molar refractivity (Wildman–Crippen MR) is 147 cm³/mol. The highest BCUT2D eigenvalue weighted by atomic mass is 28.3. The van der Waals surface area contributed by atoms with Crippen molar-refractivity contribution < 1.29 is 35.4 Å². The number of hydrogen-bond donors (Lipinski definition) is 0. The van der Waals surface area contributed by atoms with Gasteiger partial charge in [-0.15, -0.1) is 0 Å². The Morgan fingerprint density at radius 3 is 0.667 bits per heavy atom. The Kier molecular flexibility index (Phi) is 18.5. The molecule has 0 heterocycles. The fraction of sp³-hybridized carbons (Fsp3) is 1.00. The van der Waals surface area contributed by atoms with Gasteiger partial charge in [-0.1, -0.05) is 51.9 Å². The molecule has 0 aliphatic rings. The highest BCUT2D eigenvalue weighted by Crippen LogP contribution is 2.45. The van der Waals surface area contributed by atoms with Crippen LogP contribution in [0.3, 0.4) is 0 Å². The van der Waals surface area contributed by atoms with Gasteiger partial charge in [0.25, 0.3) is 0 Å². The maximum atomic E-state index is 5.81. The second kappa shape index (κ2) is 18.1. The van der Waals surface area contributed by atoms with Crippen LogP contribution in [0.4, 0.5) is 0 Å². The maximum Gasteiger partial charge on any atom is 0.323 e. The lowest BCUT2D eigenvalue weighted by Crippen LogP contribution is -2.46. The summed E-state index contributed by atoms with van der Waals surface area (Å²) in [5, 5.41) is 0. The zero-order chi connectivity index (χ0) is 25.6. The van der Waals surface area contributed by atoms with Crippen LogP contribution in [0.25, 0.3) is 0 Å². The van der Waals surface area contributed by atoms with E-state index < -0.39 is 45.2 Å². The average Bonchev–Trinajstić information content (AvgIpc) is 2.76. The molecule has 8 nitrogen and oxygen atoms in total.